The molecule has 0 saturated carbocycles. The summed E-state index contributed by atoms with van der Waals surface area (Å²) in [5, 5.41) is 3.56. The van der Waals surface area contributed by atoms with Crippen LogP contribution in [0.25, 0.3) is 0 Å². The number of benzene rings is 1. The molecule has 0 amide bonds. The number of anilines is 1. The van der Waals surface area contributed by atoms with Crippen LogP contribution in [0.2, 0.25) is 0 Å². The van der Waals surface area contributed by atoms with E-state index in [-0.39, 0.29) is 0 Å². The highest BCUT2D eigenvalue weighted by atomic mass is 15.2. The lowest BCUT2D eigenvalue weighted by Crippen LogP contribution is -2.34. The third kappa shape index (κ3) is 5.03. The summed E-state index contributed by atoms with van der Waals surface area (Å²) in [5.41, 5.74) is 3.03. The van der Waals surface area contributed by atoms with E-state index in [2.05, 4.69) is 55.3 Å². The fourth-order valence-electron chi connectivity index (χ4n) is 3.25. The molecular formula is C19H32N2. The van der Waals surface area contributed by atoms with Gasteiger partial charge in [-0.2, -0.15) is 0 Å². The topological polar surface area (TPSA) is 15.3 Å². The Labute approximate surface area is 130 Å². The van der Waals surface area contributed by atoms with E-state index in [9.17, 15) is 0 Å². The van der Waals surface area contributed by atoms with Crippen LogP contribution in [0.4, 0.5) is 5.69 Å². The van der Waals surface area contributed by atoms with Crippen LogP contribution in [-0.4, -0.2) is 25.7 Å². The summed E-state index contributed by atoms with van der Waals surface area (Å²) in [6.45, 7) is 10.4. The van der Waals surface area contributed by atoms with Crippen LogP contribution in [-0.2, 0) is 6.42 Å². The SMILES string of the molecule is CC(C)CNCCCC(C)N1CCCCc2ccccc21. The number of fused-ring (bicyclic) bond motifs is 1. The molecule has 0 saturated heterocycles. The molecule has 1 aromatic rings. The minimum Gasteiger partial charge on any atom is -0.369 e. The van der Waals surface area contributed by atoms with Crippen molar-refractivity contribution in [1.29, 1.82) is 0 Å². The standard InChI is InChI=1S/C19H32N2/c1-16(2)15-20-13-8-9-17(3)21-14-7-6-11-18-10-4-5-12-19(18)21/h4-5,10,12,16-17,20H,6-9,11,13-15H2,1-3H3. The zero-order valence-electron chi connectivity index (χ0n) is 14.1. The second kappa shape index (κ2) is 8.43. The highest BCUT2D eigenvalue weighted by molar-refractivity contribution is 5.55. The summed E-state index contributed by atoms with van der Waals surface area (Å²) < 4.78 is 0. The van der Waals surface area contributed by atoms with E-state index in [4.69, 9.17) is 0 Å². The number of hydrogen-bond donors (Lipinski definition) is 1. The zero-order chi connectivity index (χ0) is 15.1. The van der Waals surface area contributed by atoms with Crippen LogP contribution < -0.4 is 10.2 Å². The second-order valence-corrected chi connectivity index (χ2v) is 6.87. The summed E-state index contributed by atoms with van der Waals surface area (Å²) in [4.78, 5) is 2.64. The maximum Gasteiger partial charge on any atom is 0.0401 e. The fourth-order valence-corrected chi connectivity index (χ4v) is 3.25. The Morgan fingerprint density at radius 3 is 2.76 bits per heavy atom. The largest absolute Gasteiger partial charge is 0.369 e. The second-order valence-electron chi connectivity index (χ2n) is 6.87. The minimum absolute atomic E-state index is 0.644. The Kier molecular flexibility index (Phi) is 6.56. The Balaban J connectivity index is 1.85. The fraction of sp³-hybridized carbons (Fsp3) is 0.684. The van der Waals surface area contributed by atoms with Crippen molar-refractivity contribution in [2.24, 2.45) is 5.92 Å². The van der Waals surface area contributed by atoms with Crippen molar-refractivity contribution in [2.75, 3.05) is 24.5 Å². The summed E-state index contributed by atoms with van der Waals surface area (Å²) in [5.74, 6) is 0.750. The highest BCUT2D eigenvalue weighted by Crippen LogP contribution is 2.28. The van der Waals surface area contributed by atoms with Gasteiger partial charge in [-0.1, -0.05) is 32.0 Å². The third-order valence-corrected chi connectivity index (χ3v) is 4.46. The van der Waals surface area contributed by atoms with Gasteiger partial charge in [0.2, 0.25) is 0 Å². The maximum atomic E-state index is 3.56. The molecule has 1 aromatic carbocycles. The lowest BCUT2D eigenvalue weighted by molar-refractivity contribution is 0.505. The average Bonchev–Trinajstić information content (AvgIpc) is 2.68. The molecular weight excluding hydrogens is 256 g/mol. The van der Waals surface area contributed by atoms with Crippen molar-refractivity contribution < 1.29 is 0 Å². The van der Waals surface area contributed by atoms with Gasteiger partial charge < -0.3 is 10.2 Å². The van der Waals surface area contributed by atoms with E-state index in [0.717, 1.165) is 19.0 Å². The van der Waals surface area contributed by atoms with Crippen molar-refractivity contribution in [2.45, 2.75) is 58.9 Å². The van der Waals surface area contributed by atoms with Gasteiger partial charge in [0.15, 0.2) is 0 Å². The normalized spacial score (nSPS) is 16.7. The van der Waals surface area contributed by atoms with E-state index in [1.807, 2.05) is 0 Å². The van der Waals surface area contributed by atoms with Crippen LogP contribution in [0.1, 0.15) is 52.0 Å². The van der Waals surface area contributed by atoms with E-state index in [1.165, 1.54) is 44.3 Å². The van der Waals surface area contributed by atoms with E-state index >= 15 is 0 Å². The molecule has 0 bridgehead atoms. The van der Waals surface area contributed by atoms with Gasteiger partial charge in [0.05, 0.1) is 0 Å². The molecule has 1 atom stereocenters. The smallest absolute Gasteiger partial charge is 0.0401 e. The molecule has 21 heavy (non-hydrogen) atoms. The molecule has 1 heterocycles. The number of para-hydroxylation sites is 1. The summed E-state index contributed by atoms with van der Waals surface area (Å²) in [6, 6.07) is 9.64. The molecule has 1 N–H and O–H groups in total. The van der Waals surface area contributed by atoms with Crippen LogP contribution in [0.5, 0.6) is 0 Å². The highest BCUT2D eigenvalue weighted by Gasteiger charge is 2.19. The first-order chi connectivity index (χ1) is 10.2. The first-order valence-electron chi connectivity index (χ1n) is 8.73. The molecule has 1 aliphatic heterocycles. The van der Waals surface area contributed by atoms with Crippen molar-refractivity contribution in [3.63, 3.8) is 0 Å². The van der Waals surface area contributed by atoms with Gasteiger partial charge in [-0.05, 0) is 69.7 Å². The first kappa shape index (κ1) is 16.4. The number of rotatable bonds is 7. The van der Waals surface area contributed by atoms with E-state index < -0.39 is 0 Å². The van der Waals surface area contributed by atoms with Gasteiger partial charge in [0.25, 0.3) is 0 Å². The average molecular weight is 288 g/mol. The quantitative estimate of drug-likeness (QED) is 0.755. The molecule has 1 aliphatic rings. The van der Waals surface area contributed by atoms with Crippen molar-refractivity contribution in [3.05, 3.63) is 29.8 Å². The van der Waals surface area contributed by atoms with Gasteiger partial charge in [-0.3, -0.25) is 0 Å². The molecule has 0 radical (unpaired) electrons. The van der Waals surface area contributed by atoms with Crippen LogP contribution in [0.15, 0.2) is 24.3 Å². The van der Waals surface area contributed by atoms with Crippen LogP contribution >= 0.6 is 0 Å². The van der Waals surface area contributed by atoms with Gasteiger partial charge in [-0.25, -0.2) is 0 Å². The molecule has 0 aromatic heterocycles. The van der Waals surface area contributed by atoms with Crippen molar-refractivity contribution >= 4 is 5.69 Å². The van der Waals surface area contributed by atoms with Gasteiger partial charge in [0.1, 0.15) is 0 Å². The summed E-state index contributed by atoms with van der Waals surface area (Å²) >= 11 is 0. The predicted octanol–water partition coefficient (Wildman–Crippen LogP) is 4.24. The number of hydrogen-bond acceptors (Lipinski definition) is 2. The molecule has 0 fully saturated rings. The van der Waals surface area contributed by atoms with Crippen molar-refractivity contribution in [1.82, 2.24) is 5.32 Å². The van der Waals surface area contributed by atoms with Gasteiger partial charge in [-0.15, -0.1) is 0 Å². The van der Waals surface area contributed by atoms with E-state index in [1.54, 1.807) is 5.56 Å². The third-order valence-electron chi connectivity index (χ3n) is 4.46. The van der Waals surface area contributed by atoms with Gasteiger partial charge in [0, 0.05) is 18.3 Å². The molecule has 118 valence electrons. The molecule has 2 rings (SSSR count). The molecule has 0 spiro atoms. The van der Waals surface area contributed by atoms with Crippen LogP contribution in [0.3, 0.4) is 0 Å². The number of aryl methyl sites for hydroxylation is 1. The first-order valence-corrected chi connectivity index (χ1v) is 8.73. The molecule has 1 unspecified atom stereocenters. The monoisotopic (exact) mass is 288 g/mol. The van der Waals surface area contributed by atoms with E-state index in [0.29, 0.717) is 6.04 Å². The number of nitrogens with zero attached hydrogens (tertiary/aromatic N) is 1. The maximum absolute atomic E-state index is 3.56. The molecule has 2 heteroatoms. The molecule has 0 aliphatic carbocycles. The zero-order valence-corrected chi connectivity index (χ0v) is 14.1. The van der Waals surface area contributed by atoms with Crippen LogP contribution in [0, 0.1) is 5.92 Å². The minimum atomic E-state index is 0.644. The molecule has 2 nitrogen and oxygen atoms in total. The Morgan fingerprint density at radius 2 is 1.95 bits per heavy atom. The lowest BCUT2D eigenvalue weighted by Gasteiger charge is -2.31. The lowest BCUT2D eigenvalue weighted by atomic mass is 10.1. The summed E-state index contributed by atoms with van der Waals surface area (Å²) in [6.07, 6.45) is 6.45. The van der Waals surface area contributed by atoms with Gasteiger partial charge >= 0.3 is 0 Å². The number of nitrogens with one attached hydrogen (secondary N) is 1. The predicted molar refractivity (Wildman–Crippen MR) is 93.1 cm³/mol. The summed E-state index contributed by atoms with van der Waals surface area (Å²) in [7, 11) is 0. The Bertz CT molecular complexity index is 414. The Hall–Kier alpha value is -1.02. The van der Waals surface area contributed by atoms with Crippen molar-refractivity contribution in [3.8, 4) is 0 Å². The Morgan fingerprint density at radius 1 is 1.14 bits per heavy atom.